The topological polar surface area (TPSA) is 101 Å². The molecule has 33 heavy (non-hydrogen) atoms. The van der Waals surface area contributed by atoms with E-state index in [0.29, 0.717) is 18.8 Å². The number of nitrogens with zero attached hydrogens (tertiary/aromatic N) is 2. The van der Waals surface area contributed by atoms with Crippen LogP contribution in [0.25, 0.3) is 0 Å². The molecule has 0 bridgehead atoms. The Bertz CT molecular complexity index is 1170. The number of ketones is 1. The van der Waals surface area contributed by atoms with Gasteiger partial charge in [0.1, 0.15) is 5.75 Å². The SMILES string of the molecule is CC1Oc2ccccc2C(=O)N(CC(=O)c2ccc(S(=O)(=O)N3CCCCCC3)cc2)C1=O. The molecule has 0 N–H and O–H groups in total. The van der Waals surface area contributed by atoms with E-state index in [0.717, 1.165) is 30.6 Å². The van der Waals surface area contributed by atoms with Crippen molar-refractivity contribution in [3.8, 4) is 5.75 Å². The number of Topliss-reactive ketones (excluding diaryl/α,β-unsaturated/α-hetero) is 1. The summed E-state index contributed by atoms with van der Waals surface area (Å²) in [7, 11) is -3.63. The fourth-order valence-corrected chi connectivity index (χ4v) is 5.60. The minimum absolute atomic E-state index is 0.124. The third-order valence-corrected chi connectivity index (χ3v) is 7.87. The summed E-state index contributed by atoms with van der Waals surface area (Å²) >= 11 is 0. The van der Waals surface area contributed by atoms with Crippen molar-refractivity contribution in [3.05, 3.63) is 59.7 Å². The maximum atomic E-state index is 12.9. The molecule has 0 spiro atoms. The summed E-state index contributed by atoms with van der Waals surface area (Å²) in [5.74, 6) is -1.39. The quantitative estimate of drug-likeness (QED) is 0.492. The van der Waals surface area contributed by atoms with Gasteiger partial charge >= 0.3 is 0 Å². The second-order valence-electron chi connectivity index (χ2n) is 8.25. The molecule has 1 fully saturated rings. The van der Waals surface area contributed by atoms with E-state index in [2.05, 4.69) is 0 Å². The molecule has 1 atom stereocenters. The molecule has 4 rings (SSSR count). The van der Waals surface area contributed by atoms with Crippen LogP contribution in [-0.2, 0) is 14.8 Å². The van der Waals surface area contributed by atoms with Gasteiger partial charge in [-0.2, -0.15) is 4.31 Å². The molecule has 2 aromatic carbocycles. The van der Waals surface area contributed by atoms with Crippen LogP contribution in [0.3, 0.4) is 0 Å². The number of carbonyl (C=O) groups is 3. The molecule has 0 aromatic heterocycles. The number of hydrogen-bond acceptors (Lipinski definition) is 6. The standard InChI is InChI=1S/C24H26N2O6S/c1-17-23(28)26(24(29)20-8-4-5-9-22(20)32-17)16-21(27)18-10-12-19(13-11-18)33(30,31)25-14-6-2-3-7-15-25/h4-5,8-13,17H,2-3,6-7,14-16H2,1H3. The smallest absolute Gasteiger partial charge is 0.270 e. The van der Waals surface area contributed by atoms with E-state index >= 15 is 0 Å². The van der Waals surface area contributed by atoms with Crippen LogP contribution >= 0.6 is 0 Å². The van der Waals surface area contributed by atoms with Gasteiger partial charge in [-0.25, -0.2) is 8.42 Å². The molecule has 0 radical (unpaired) electrons. The Kier molecular flexibility index (Phi) is 6.62. The molecule has 2 aliphatic heterocycles. The summed E-state index contributed by atoms with van der Waals surface area (Å²) in [6.45, 7) is 2.05. The van der Waals surface area contributed by atoms with E-state index in [1.165, 1.54) is 35.5 Å². The highest BCUT2D eigenvalue weighted by Gasteiger charge is 2.35. The van der Waals surface area contributed by atoms with Crippen LogP contribution in [0.2, 0.25) is 0 Å². The number of imide groups is 1. The van der Waals surface area contributed by atoms with Gasteiger partial charge in [-0.3, -0.25) is 19.3 Å². The summed E-state index contributed by atoms with van der Waals surface area (Å²) < 4.78 is 33.0. The van der Waals surface area contributed by atoms with Gasteiger partial charge in [0.05, 0.1) is 17.0 Å². The zero-order valence-corrected chi connectivity index (χ0v) is 19.2. The number of hydrogen-bond donors (Lipinski definition) is 0. The minimum atomic E-state index is -3.63. The summed E-state index contributed by atoms with van der Waals surface area (Å²) in [5.41, 5.74) is 0.429. The first kappa shape index (κ1) is 23.1. The van der Waals surface area contributed by atoms with E-state index in [1.807, 2.05) is 0 Å². The Morgan fingerprint density at radius 3 is 2.27 bits per heavy atom. The summed E-state index contributed by atoms with van der Waals surface area (Å²) in [4.78, 5) is 39.6. The predicted octanol–water partition coefficient (Wildman–Crippen LogP) is 2.88. The van der Waals surface area contributed by atoms with Gasteiger partial charge in [-0.15, -0.1) is 0 Å². The number of carbonyl (C=O) groups excluding carboxylic acids is 3. The molecule has 2 heterocycles. The van der Waals surface area contributed by atoms with Crippen molar-refractivity contribution in [3.63, 3.8) is 0 Å². The molecule has 9 heteroatoms. The van der Waals surface area contributed by atoms with E-state index < -0.39 is 40.3 Å². The molecule has 174 valence electrons. The Labute approximate surface area is 193 Å². The van der Waals surface area contributed by atoms with Gasteiger partial charge in [0.15, 0.2) is 11.9 Å². The van der Waals surface area contributed by atoms with Gasteiger partial charge in [0.25, 0.3) is 11.8 Å². The molecular formula is C24H26N2O6S. The van der Waals surface area contributed by atoms with E-state index in [9.17, 15) is 22.8 Å². The highest BCUT2D eigenvalue weighted by atomic mass is 32.2. The molecule has 1 saturated heterocycles. The second kappa shape index (κ2) is 9.44. The van der Waals surface area contributed by atoms with Crippen molar-refractivity contribution in [2.75, 3.05) is 19.6 Å². The molecule has 1 unspecified atom stereocenters. The number of ether oxygens (including phenoxy) is 1. The number of benzene rings is 2. The van der Waals surface area contributed by atoms with E-state index in [-0.39, 0.29) is 16.0 Å². The Morgan fingerprint density at radius 1 is 0.970 bits per heavy atom. The third kappa shape index (κ3) is 4.69. The van der Waals surface area contributed by atoms with Crippen LogP contribution in [-0.4, -0.2) is 61.0 Å². The van der Waals surface area contributed by atoms with Crippen molar-refractivity contribution in [2.24, 2.45) is 0 Å². The Hall–Kier alpha value is -3.04. The lowest BCUT2D eigenvalue weighted by molar-refractivity contribution is -0.134. The maximum absolute atomic E-state index is 12.9. The van der Waals surface area contributed by atoms with Crippen LogP contribution in [0.1, 0.15) is 53.3 Å². The van der Waals surface area contributed by atoms with Crippen molar-refractivity contribution in [2.45, 2.75) is 43.6 Å². The predicted molar refractivity (Wildman–Crippen MR) is 121 cm³/mol. The second-order valence-corrected chi connectivity index (χ2v) is 10.2. The Balaban J connectivity index is 1.53. The van der Waals surface area contributed by atoms with Crippen molar-refractivity contribution >= 4 is 27.6 Å². The number of amides is 2. The van der Waals surface area contributed by atoms with Crippen LogP contribution in [0.5, 0.6) is 5.75 Å². The van der Waals surface area contributed by atoms with Crippen LogP contribution in [0.15, 0.2) is 53.4 Å². The number of rotatable bonds is 5. The Morgan fingerprint density at radius 2 is 1.61 bits per heavy atom. The normalized spacial score (nSPS) is 19.9. The number of sulfonamides is 1. The third-order valence-electron chi connectivity index (χ3n) is 5.96. The first-order valence-corrected chi connectivity index (χ1v) is 12.5. The van der Waals surface area contributed by atoms with E-state index in [1.54, 1.807) is 24.3 Å². The van der Waals surface area contributed by atoms with Gasteiger partial charge in [-0.1, -0.05) is 25.0 Å². The first-order valence-electron chi connectivity index (χ1n) is 11.0. The summed E-state index contributed by atoms with van der Waals surface area (Å²) in [6, 6.07) is 12.2. The minimum Gasteiger partial charge on any atom is -0.480 e. The fraction of sp³-hybridized carbons (Fsp3) is 0.375. The van der Waals surface area contributed by atoms with Crippen LogP contribution in [0, 0.1) is 0 Å². The molecule has 2 amide bonds. The summed E-state index contributed by atoms with van der Waals surface area (Å²) in [6.07, 6.45) is 2.77. The first-order chi connectivity index (χ1) is 15.8. The lowest BCUT2D eigenvalue weighted by atomic mass is 10.1. The molecule has 2 aliphatic rings. The van der Waals surface area contributed by atoms with Gasteiger partial charge in [0, 0.05) is 18.7 Å². The highest BCUT2D eigenvalue weighted by Crippen LogP contribution is 2.26. The molecule has 0 saturated carbocycles. The monoisotopic (exact) mass is 470 g/mol. The van der Waals surface area contributed by atoms with Crippen molar-refractivity contribution < 1.29 is 27.5 Å². The number of para-hydroxylation sites is 1. The van der Waals surface area contributed by atoms with Crippen LogP contribution < -0.4 is 4.74 Å². The maximum Gasteiger partial charge on any atom is 0.270 e. The lowest BCUT2D eigenvalue weighted by Gasteiger charge is -2.21. The molecular weight excluding hydrogens is 444 g/mol. The molecule has 2 aromatic rings. The van der Waals surface area contributed by atoms with Gasteiger partial charge in [-0.05, 0) is 56.2 Å². The molecule has 8 nitrogen and oxygen atoms in total. The zero-order chi connectivity index (χ0) is 23.6. The van der Waals surface area contributed by atoms with Crippen molar-refractivity contribution in [1.82, 2.24) is 9.21 Å². The largest absolute Gasteiger partial charge is 0.480 e. The average Bonchev–Trinajstić information content (AvgIpc) is 3.15. The lowest BCUT2D eigenvalue weighted by Crippen LogP contribution is -2.44. The summed E-state index contributed by atoms with van der Waals surface area (Å²) in [5, 5.41) is 0. The van der Waals surface area contributed by atoms with Crippen LogP contribution in [0.4, 0.5) is 0 Å². The zero-order valence-electron chi connectivity index (χ0n) is 18.4. The van der Waals surface area contributed by atoms with Crippen molar-refractivity contribution in [1.29, 1.82) is 0 Å². The van der Waals surface area contributed by atoms with Gasteiger partial charge < -0.3 is 4.74 Å². The highest BCUT2D eigenvalue weighted by molar-refractivity contribution is 7.89. The molecule has 0 aliphatic carbocycles. The fourth-order valence-electron chi connectivity index (χ4n) is 4.08. The van der Waals surface area contributed by atoms with Gasteiger partial charge in [0.2, 0.25) is 10.0 Å². The van der Waals surface area contributed by atoms with E-state index in [4.69, 9.17) is 4.74 Å². The number of fused-ring (bicyclic) bond motifs is 1. The average molecular weight is 471 g/mol.